The minimum Gasteiger partial charge on any atom is -0.453 e. The lowest BCUT2D eigenvalue weighted by Gasteiger charge is -2.47. The molecule has 0 bridgehead atoms. The smallest absolute Gasteiger partial charge is 0.407 e. The van der Waals surface area contributed by atoms with Crippen LogP contribution in [-0.2, 0) is 23.9 Å². The molecule has 2 aromatic carbocycles. The van der Waals surface area contributed by atoms with Crippen molar-refractivity contribution in [2.75, 3.05) is 40.4 Å². The van der Waals surface area contributed by atoms with Crippen LogP contribution in [0.25, 0.3) is 33.6 Å². The van der Waals surface area contributed by atoms with Gasteiger partial charge >= 0.3 is 12.2 Å². The molecule has 4 aromatic rings. The first-order chi connectivity index (χ1) is 28.7. The molecule has 4 N–H and O–H groups in total. The minimum absolute atomic E-state index is 0.0106. The molecule has 3 fully saturated rings. The summed E-state index contributed by atoms with van der Waals surface area (Å²) in [6.07, 6.45) is 4.52. The fraction of sp³-hybridized carbons (Fsp3) is 0.477. The Hall–Kier alpha value is -6.19. The van der Waals surface area contributed by atoms with Gasteiger partial charge in [-0.2, -0.15) is 0 Å². The molecule has 3 aliphatic rings. The van der Waals surface area contributed by atoms with E-state index in [1.165, 1.54) is 14.2 Å². The molecule has 2 unspecified atom stereocenters. The number of nitrogens with one attached hydrogen (secondary N) is 4. The number of carbonyl (C=O) groups is 5. The number of ether oxygens (including phenoxy) is 2. The van der Waals surface area contributed by atoms with Crippen LogP contribution in [0.4, 0.5) is 9.59 Å². The molecule has 16 nitrogen and oxygen atoms in total. The van der Waals surface area contributed by atoms with Gasteiger partial charge in [0.25, 0.3) is 0 Å². The highest BCUT2D eigenvalue weighted by Gasteiger charge is 2.55. The Morgan fingerprint density at radius 3 is 1.58 bits per heavy atom. The summed E-state index contributed by atoms with van der Waals surface area (Å²) < 4.78 is 9.58. The molecule has 0 radical (unpaired) electrons. The number of nitrogens with zero attached hydrogens (tertiary/aromatic N) is 5. The summed E-state index contributed by atoms with van der Waals surface area (Å²) in [7, 11) is 2.56. The van der Waals surface area contributed by atoms with Crippen molar-refractivity contribution < 1.29 is 33.4 Å². The fourth-order valence-corrected chi connectivity index (χ4v) is 8.81. The van der Waals surface area contributed by atoms with Gasteiger partial charge in [-0.05, 0) is 53.4 Å². The highest BCUT2D eigenvalue weighted by molar-refractivity contribution is 5.87. The van der Waals surface area contributed by atoms with Gasteiger partial charge in [0.1, 0.15) is 23.7 Å². The third-order valence-corrected chi connectivity index (χ3v) is 12.2. The van der Waals surface area contributed by atoms with Crippen molar-refractivity contribution in [2.24, 2.45) is 17.3 Å². The van der Waals surface area contributed by atoms with E-state index in [1.807, 2.05) is 52.0 Å². The second kappa shape index (κ2) is 17.2. The van der Waals surface area contributed by atoms with Gasteiger partial charge < -0.3 is 44.8 Å². The van der Waals surface area contributed by atoms with E-state index in [4.69, 9.17) is 14.5 Å². The van der Waals surface area contributed by atoms with Crippen molar-refractivity contribution in [3.8, 4) is 33.6 Å². The molecular weight excluding hydrogens is 767 g/mol. The Morgan fingerprint density at radius 2 is 1.13 bits per heavy atom. The summed E-state index contributed by atoms with van der Waals surface area (Å²) in [4.78, 5) is 85.7. The van der Waals surface area contributed by atoms with Gasteiger partial charge in [-0.25, -0.2) is 19.6 Å². The number of benzene rings is 2. The number of amides is 5. The van der Waals surface area contributed by atoms with Gasteiger partial charge in [0.2, 0.25) is 17.7 Å². The SMILES string of the molecule is COC(=O)N[C@H](C(=O)N1CCCC1c1ncc(-c2ccc(-c3ccc(-c4cnc(C5CC6(CN(C(C)=O)C6)CN5C(=O)[C@@H](NC(=O)OC)C(C)C)[nH]4)cc3)cc2)[nH]1)C(C)C. The second-order valence-corrected chi connectivity index (χ2v) is 17.0. The molecule has 0 saturated carbocycles. The van der Waals surface area contributed by atoms with Gasteiger partial charge in [-0.3, -0.25) is 14.4 Å². The number of H-pyrrole nitrogens is 2. The van der Waals surface area contributed by atoms with Crippen molar-refractivity contribution in [1.29, 1.82) is 0 Å². The normalized spacial score (nSPS) is 19.3. The summed E-state index contributed by atoms with van der Waals surface area (Å²) in [5.41, 5.74) is 5.36. The van der Waals surface area contributed by atoms with E-state index in [9.17, 15) is 24.0 Å². The van der Waals surface area contributed by atoms with Crippen LogP contribution in [0.5, 0.6) is 0 Å². The van der Waals surface area contributed by atoms with Crippen molar-refractivity contribution in [3.05, 3.63) is 72.6 Å². The predicted molar refractivity (Wildman–Crippen MR) is 223 cm³/mol. The van der Waals surface area contributed by atoms with Crippen LogP contribution in [0.1, 0.15) is 77.6 Å². The molecule has 1 spiro atoms. The first-order valence-electron chi connectivity index (χ1n) is 20.6. The van der Waals surface area contributed by atoms with Gasteiger partial charge in [-0.15, -0.1) is 0 Å². The van der Waals surface area contributed by atoms with E-state index >= 15 is 0 Å². The maximum Gasteiger partial charge on any atom is 0.407 e. The molecule has 2 aromatic heterocycles. The Bertz CT molecular complexity index is 2210. The first kappa shape index (κ1) is 42.0. The van der Waals surface area contributed by atoms with E-state index in [1.54, 1.807) is 34.0 Å². The molecule has 3 aliphatic heterocycles. The molecule has 3 saturated heterocycles. The molecule has 4 atom stereocenters. The topological polar surface area (TPSA) is 195 Å². The molecular formula is C44H55N9O7. The second-order valence-electron chi connectivity index (χ2n) is 17.0. The summed E-state index contributed by atoms with van der Waals surface area (Å²) in [5.74, 6) is 0.718. The third-order valence-electron chi connectivity index (χ3n) is 12.2. The molecule has 0 aliphatic carbocycles. The standard InChI is InChI=1S/C44H55N9O7/c1-25(2)36(49-42(57)59-6)40(55)52-18-8-9-34(52)38-45-20-32(47-38)30-14-10-28(11-15-30)29-12-16-31(17-13-29)33-21-46-39(48-33)35-19-44(22-51(23-44)27(5)54)24-53(35)41(56)37(26(3)4)50-43(58)60-7/h10-17,20-21,25-26,34-37H,8-9,18-19,22-24H2,1-7H3,(H,45,47)(H,46,48)(H,49,57)(H,50,58)/t34?,35?,36-,37-/m0/s1. The van der Waals surface area contributed by atoms with Crippen LogP contribution in [0, 0.1) is 17.3 Å². The number of imidazole rings is 2. The molecule has 60 heavy (non-hydrogen) atoms. The largest absolute Gasteiger partial charge is 0.453 e. The van der Waals surface area contributed by atoms with Crippen molar-refractivity contribution in [2.45, 2.75) is 78.0 Å². The van der Waals surface area contributed by atoms with Crippen molar-refractivity contribution in [1.82, 2.24) is 45.3 Å². The highest BCUT2D eigenvalue weighted by atomic mass is 16.5. The quantitative estimate of drug-likeness (QED) is 0.147. The number of aromatic nitrogens is 4. The lowest BCUT2D eigenvalue weighted by Crippen LogP contribution is -2.59. The highest BCUT2D eigenvalue weighted by Crippen LogP contribution is 2.48. The summed E-state index contributed by atoms with van der Waals surface area (Å²) in [6.45, 7) is 11.3. The van der Waals surface area contributed by atoms with Gasteiger partial charge in [-0.1, -0.05) is 76.2 Å². The fourth-order valence-electron chi connectivity index (χ4n) is 8.81. The van der Waals surface area contributed by atoms with Gasteiger partial charge in [0.15, 0.2) is 0 Å². The van der Waals surface area contributed by atoms with E-state index in [2.05, 4.69) is 49.9 Å². The Balaban J connectivity index is 1.04. The van der Waals surface area contributed by atoms with Crippen molar-refractivity contribution >= 4 is 29.9 Å². The Labute approximate surface area is 349 Å². The van der Waals surface area contributed by atoms with E-state index < -0.39 is 24.3 Å². The number of alkyl carbamates (subject to hydrolysis) is 2. The third kappa shape index (κ3) is 8.45. The van der Waals surface area contributed by atoms with Crippen LogP contribution in [0.15, 0.2) is 60.9 Å². The summed E-state index contributed by atoms with van der Waals surface area (Å²) >= 11 is 0. The maximum atomic E-state index is 14.1. The number of likely N-dealkylation sites (tertiary alicyclic amines) is 3. The van der Waals surface area contributed by atoms with E-state index in [-0.39, 0.29) is 47.1 Å². The number of carbonyl (C=O) groups excluding carboxylic acids is 5. The van der Waals surface area contributed by atoms with Crippen LogP contribution in [-0.4, -0.2) is 117 Å². The lowest BCUT2D eigenvalue weighted by molar-refractivity contribution is -0.141. The van der Waals surface area contributed by atoms with Crippen LogP contribution in [0.3, 0.4) is 0 Å². The molecule has 7 rings (SSSR count). The van der Waals surface area contributed by atoms with E-state index in [0.29, 0.717) is 44.2 Å². The zero-order chi connectivity index (χ0) is 42.9. The van der Waals surface area contributed by atoms with Crippen LogP contribution < -0.4 is 10.6 Å². The predicted octanol–water partition coefficient (Wildman–Crippen LogP) is 5.68. The summed E-state index contributed by atoms with van der Waals surface area (Å²) in [5, 5.41) is 5.41. The average molecular weight is 822 g/mol. The monoisotopic (exact) mass is 821 g/mol. The molecule has 5 heterocycles. The number of rotatable bonds is 11. The lowest BCUT2D eigenvalue weighted by atomic mass is 9.77. The summed E-state index contributed by atoms with van der Waals surface area (Å²) in [6, 6.07) is 14.3. The van der Waals surface area contributed by atoms with Gasteiger partial charge in [0, 0.05) is 38.5 Å². The van der Waals surface area contributed by atoms with Crippen molar-refractivity contribution in [3.63, 3.8) is 0 Å². The Morgan fingerprint density at radius 1 is 0.683 bits per heavy atom. The average Bonchev–Trinajstić information content (AvgIpc) is 4.06. The number of aromatic amines is 2. The molecule has 5 amide bonds. The maximum absolute atomic E-state index is 14.1. The minimum atomic E-state index is -0.783. The number of methoxy groups -OCH3 is 2. The van der Waals surface area contributed by atoms with Crippen LogP contribution in [0.2, 0.25) is 0 Å². The Kier molecular flexibility index (Phi) is 12.0. The number of hydrogen-bond acceptors (Lipinski definition) is 9. The first-order valence-corrected chi connectivity index (χ1v) is 20.6. The zero-order valence-electron chi connectivity index (χ0n) is 35.3. The molecule has 318 valence electrons. The molecule has 16 heteroatoms. The van der Waals surface area contributed by atoms with Gasteiger partial charge in [0.05, 0.1) is 50.1 Å². The zero-order valence-corrected chi connectivity index (χ0v) is 35.3. The van der Waals surface area contributed by atoms with Crippen LogP contribution >= 0.6 is 0 Å². The van der Waals surface area contributed by atoms with E-state index in [0.717, 1.165) is 46.5 Å². The number of hydrogen-bond donors (Lipinski definition) is 4.